The fraction of sp³-hybridized carbons (Fsp3) is 0.200. The van der Waals surface area contributed by atoms with Crippen LogP contribution < -0.4 is 15.1 Å². The number of aromatic amines is 2. The predicted molar refractivity (Wildman–Crippen MR) is 226 cm³/mol. The fourth-order valence-electron chi connectivity index (χ4n) is 7.83. The van der Waals surface area contributed by atoms with Gasteiger partial charge in [0.15, 0.2) is 34.6 Å². The van der Waals surface area contributed by atoms with Gasteiger partial charge >= 0.3 is 0 Å². The zero-order chi connectivity index (χ0) is 38.6. The standard InChI is InChI=1S/C45H40N10O3/c1-53-20-22-55(23-21-53)31-5-9-33-37(25-31)52-45(50-33)29-3-7-35(48-27-29)39-11-13-41(57-39)43-15-14-42(58-43)40-12-10-38(56-40)34-6-2-28(26-47-34)44-49-32-8-4-30(24-36(32)51-44)54-18-16-46-17-19-54/h2-15,24-27,46H,16-23H2,1H3,(H,49,51)(H,50,52). The maximum Gasteiger partial charge on any atom is 0.170 e. The Balaban J connectivity index is 0.755. The van der Waals surface area contributed by atoms with Crippen molar-refractivity contribution in [2.45, 2.75) is 0 Å². The Morgan fingerprint density at radius 3 is 1.40 bits per heavy atom. The number of fused-ring (bicyclic) bond motifs is 2. The molecule has 2 saturated heterocycles. The van der Waals surface area contributed by atoms with Crippen LogP contribution in [0.15, 0.2) is 123 Å². The number of piperazine rings is 2. The third-order valence-electron chi connectivity index (χ3n) is 11.2. The Kier molecular flexibility index (Phi) is 8.40. The van der Waals surface area contributed by atoms with Gasteiger partial charge in [-0.1, -0.05) is 0 Å². The zero-order valence-electron chi connectivity index (χ0n) is 31.9. The number of hydrogen-bond donors (Lipinski definition) is 3. The van der Waals surface area contributed by atoms with Crippen LogP contribution in [0, 0.1) is 0 Å². The van der Waals surface area contributed by atoms with Crippen LogP contribution in [0.4, 0.5) is 11.4 Å². The van der Waals surface area contributed by atoms with Gasteiger partial charge in [-0.3, -0.25) is 9.97 Å². The molecule has 2 fully saturated rings. The molecule has 0 bridgehead atoms. The average Bonchev–Trinajstić information content (AvgIpc) is 4.13. The molecule has 0 aliphatic carbocycles. The number of furan rings is 3. The minimum Gasteiger partial charge on any atom is -0.451 e. The first-order valence-electron chi connectivity index (χ1n) is 19.7. The molecule has 7 aromatic heterocycles. The van der Waals surface area contributed by atoms with E-state index in [2.05, 4.69) is 73.4 Å². The van der Waals surface area contributed by atoms with E-state index in [0.29, 0.717) is 45.9 Å². The molecule has 3 N–H and O–H groups in total. The lowest BCUT2D eigenvalue weighted by Crippen LogP contribution is -2.44. The second-order valence-electron chi connectivity index (χ2n) is 15.0. The van der Waals surface area contributed by atoms with E-state index in [4.69, 9.17) is 33.2 Å². The summed E-state index contributed by atoms with van der Waals surface area (Å²) in [6.45, 7) is 8.16. The summed E-state index contributed by atoms with van der Waals surface area (Å²) in [4.78, 5) is 33.2. The molecule has 288 valence electrons. The molecule has 0 atom stereocenters. The molecule has 58 heavy (non-hydrogen) atoms. The molecule has 13 nitrogen and oxygen atoms in total. The number of pyridine rings is 2. The highest BCUT2D eigenvalue weighted by Gasteiger charge is 2.19. The predicted octanol–water partition coefficient (Wildman–Crippen LogP) is 8.17. The number of aromatic nitrogens is 6. The van der Waals surface area contributed by atoms with Crippen molar-refractivity contribution >= 4 is 33.4 Å². The van der Waals surface area contributed by atoms with E-state index in [1.165, 1.54) is 11.4 Å². The van der Waals surface area contributed by atoms with Gasteiger partial charge in [-0.2, -0.15) is 0 Å². The van der Waals surface area contributed by atoms with Crippen molar-refractivity contribution in [3.63, 3.8) is 0 Å². The lowest BCUT2D eigenvalue weighted by Gasteiger charge is -2.34. The highest BCUT2D eigenvalue weighted by Crippen LogP contribution is 2.35. The summed E-state index contributed by atoms with van der Waals surface area (Å²) in [7, 11) is 2.17. The lowest BCUT2D eigenvalue weighted by atomic mass is 10.2. The number of rotatable bonds is 8. The van der Waals surface area contributed by atoms with Crippen LogP contribution in [-0.4, -0.2) is 94.2 Å². The van der Waals surface area contributed by atoms with Crippen LogP contribution in [0.1, 0.15) is 0 Å². The number of benzene rings is 2. The highest BCUT2D eigenvalue weighted by molar-refractivity contribution is 5.84. The number of hydrogen-bond acceptors (Lipinski definition) is 11. The van der Waals surface area contributed by atoms with Crippen LogP contribution in [0.25, 0.3) is 90.8 Å². The fourth-order valence-corrected chi connectivity index (χ4v) is 7.83. The molecule has 11 rings (SSSR count). The minimum absolute atomic E-state index is 0.585. The molecule has 9 heterocycles. The topological polar surface area (TPSA) is 144 Å². The Bertz CT molecular complexity index is 2870. The molecule has 0 saturated carbocycles. The van der Waals surface area contributed by atoms with Crippen molar-refractivity contribution in [2.24, 2.45) is 0 Å². The summed E-state index contributed by atoms with van der Waals surface area (Å²) in [5.74, 6) is 5.19. The van der Waals surface area contributed by atoms with Gasteiger partial charge in [0.2, 0.25) is 0 Å². The number of anilines is 2. The molecule has 2 aromatic carbocycles. The van der Waals surface area contributed by atoms with Gasteiger partial charge in [0.25, 0.3) is 0 Å². The molecule has 0 amide bonds. The van der Waals surface area contributed by atoms with Crippen LogP contribution in [0.3, 0.4) is 0 Å². The van der Waals surface area contributed by atoms with Crippen LogP contribution in [0.5, 0.6) is 0 Å². The smallest absolute Gasteiger partial charge is 0.170 e. The van der Waals surface area contributed by atoms with Gasteiger partial charge in [0, 0.05) is 87.3 Å². The molecule has 9 aromatic rings. The third-order valence-corrected chi connectivity index (χ3v) is 11.2. The van der Waals surface area contributed by atoms with Gasteiger partial charge in [-0.25, -0.2) is 9.97 Å². The van der Waals surface area contributed by atoms with Crippen LogP contribution >= 0.6 is 0 Å². The molecule has 0 unspecified atom stereocenters. The summed E-state index contributed by atoms with van der Waals surface area (Å²) in [5, 5.41) is 3.41. The molecule has 2 aliphatic rings. The van der Waals surface area contributed by atoms with Crippen molar-refractivity contribution in [1.82, 2.24) is 40.1 Å². The highest BCUT2D eigenvalue weighted by atomic mass is 16.4. The van der Waals surface area contributed by atoms with Gasteiger partial charge in [-0.15, -0.1) is 0 Å². The van der Waals surface area contributed by atoms with Crippen molar-refractivity contribution in [2.75, 3.05) is 69.2 Å². The van der Waals surface area contributed by atoms with Crippen LogP contribution in [-0.2, 0) is 0 Å². The number of imidazole rings is 2. The molecular weight excluding hydrogens is 729 g/mol. The minimum atomic E-state index is 0.585. The Morgan fingerprint density at radius 2 is 0.931 bits per heavy atom. The molecule has 0 radical (unpaired) electrons. The first kappa shape index (κ1) is 34.3. The van der Waals surface area contributed by atoms with Gasteiger partial charge in [0.1, 0.15) is 23.0 Å². The number of nitrogens with one attached hydrogen (secondary N) is 3. The molecule has 0 spiro atoms. The van der Waals surface area contributed by atoms with Crippen molar-refractivity contribution in [3.8, 4) is 68.7 Å². The second kappa shape index (κ2) is 14.2. The van der Waals surface area contributed by atoms with Gasteiger partial charge in [0.05, 0.1) is 22.1 Å². The first-order chi connectivity index (χ1) is 28.6. The van der Waals surface area contributed by atoms with E-state index in [-0.39, 0.29) is 0 Å². The summed E-state index contributed by atoms with van der Waals surface area (Å²) in [6.07, 6.45) is 3.64. The van der Waals surface area contributed by atoms with E-state index in [1.54, 1.807) is 0 Å². The normalized spacial score (nSPS) is 15.3. The Morgan fingerprint density at radius 1 is 0.483 bits per heavy atom. The van der Waals surface area contributed by atoms with Gasteiger partial charge < -0.3 is 43.2 Å². The maximum absolute atomic E-state index is 6.21. The Labute approximate surface area is 333 Å². The quantitative estimate of drug-likeness (QED) is 0.138. The average molecular weight is 769 g/mol. The van der Waals surface area contributed by atoms with E-state index in [9.17, 15) is 0 Å². The van der Waals surface area contributed by atoms with Crippen molar-refractivity contribution < 1.29 is 13.3 Å². The summed E-state index contributed by atoms with van der Waals surface area (Å²) in [6, 6.07) is 32.1. The number of H-pyrrole nitrogens is 2. The van der Waals surface area contributed by atoms with E-state index in [0.717, 1.165) is 97.2 Å². The summed E-state index contributed by atoms with van der Waals surface area (Å²) in [5.41, 5.74) is 9.53. The van der Waals surface area contributed by atoms with E-state index < -0.39 is 0 Å². The first-order valence-corrected chi connectivity index (χ1v) is 19.7. The maximum atomic E-state index is 6.21. The van der Waals surface area contributed by atoms with E-state index in [1.807, 2.05) is 73.1 Å². The number of likely N-dealkylation sites (N-methyl/N-ethyl adjacent to an activating group) is 1. The molecule has 13 heteroatoms. The molecular formula is C45H40N10O3. The monoisotopic (exact) mass is 768 g/mol. The van der Waals surface area contributed by atoms with Crippen molar-refractivity contribution in [1.29, 1.82) is 0 Å². The zero-order valence-corrected chi connectivity index (χ0v) is 31.9. The van der Waals surface area contributed by atoms with E-state index >= 15 is 0 Å². The summed E-state index contributed by atoms with van der Waals surface area (Å²) >= 11 is 0. The van der Waals surface area contributed by atoms with Gasteiger partial charge in [-0.05, 0) is 104 Å². The lowest BCUT2D eigenvalue weighted by molar-refractivity contribution is 0.313. The number of nitrogens with zero attached hydrogens (tertiary/aromatic N) is 7. The largest absolute Gasteiger partial charge is 0.451 e. The summed E-state index contributed by atoms with van der Waals surface area (Å²) < 4.78 is 18.6. The second-order valence-corrected chi connectivity index (χ2v) is 15.0. The van der Waals surface area contributed by atoms with Crippen molar-refractivity contribution in [3.05, 3.63) is 109 Å². The Hall–Kier alpha value is -6.96. The van der Waals surface area contributed by atoms with Crippen LogP contribution in [0.2, 0.25) is 0 Å². The third kappa shape index (κ3) is 6.49. The SMILES string of the molecule is CN1CCN(c2ccc3nc(-c4ccc(-c5ccc(-c6ccc(-c7ccc(-c8ccc(-c9nc%10ccc(N%11CCNCC%11)cc%10[nH]9)cn8)o7)o6)o5)nc4)[nH]c3c2)CC1. The molecule has 2 aliphatic heterocycles.